The number of hydrogen-bond donors (Lipinski definition) is 2. The van der Waals surface area contributed by atoms with E-state index in [0.29, 0.717) is 18.0 Å². The van der Waals surface area contributed by atoms with Crippen LogP contribution in [0.5, 0.6) is 0 Å². The molecule has 0 aliphatic heterocycles. The highest BCUT2D eigenvalue weighted by molar-refractivity contribution is 5.92. The molecule has 0 bridgehead atoms. The van der Waals surface area contributed by atoms with E-state index in [2.05, 4.69) is 24.5 Å². The van der Waals surface area contributed by atoms with E-state index in [9.17, 15) is 4.79 Å². The van der Waals surface area contributed by atoms with Gasteiger partial charge >= 0.3 is 0 Å². The second kappa shape index (κ2) is 4.49. The van der Waals surface area contributed by atoms with Crippen LogP contribution in [0.15, 0.2) is 24.3 Å². The molecule has 2 N–H and O–H groups in total. The topological polar surface area (TPSA) is 41.1 Å². The monoisotopic (exact) mass is 232 g/mol. The number of aryl methyl sites for hydroxylation is 1. The molecule has 17 heavy (non-hydrogen) atoms. The minimum Gasteiger partial charge on any atom is -0.325 e. The number of benzene rings is 1. The molecule has 1 fully saturated rings. The molecule has 1 unspecified atom stereocenters. The molecule has 1 saturated carbocycles. The van der Waals surface area contributed by atoms with Gasteiger partial charge < -0.3 is 10.6 Å². The largest absolute Gasteiger partial charge is 0.325 e. The van der Waals surface area contributed by atoms with Gasteiger partial charge in [-0.05, 0) is 30.9 Å². The molecule has 1 aliphatic carbocycles. The van der Waals surface area contributed by atoms with Crippen LogP contribution < -0.4 is 10.6 Å². The molecule has 1 atom stereocenters. The predicted octanol–water partition coefficient (Wildman–Crippen LogP) is 2.32. The summed E-state index contributed by atoms with van der Waals surface area (Å²) < 4.78 is 0. The number of carbonyl (C=O) groups excluding carboxylic acids is 1. The molecule has 0 heterocycles. The summed E-state index contributed by atoms with van der Waals surface area (Å²) in [7, 11) is 0. The maximum atomic E-state index is 11.7. The van der Waals surface area contributed by atoms with Gasteiger partial charge in [0.25, 0.3) is 0 Å². The fraction of sp³-hybridized carbons (Fsp3) is 0.500. The lowest BCUT2D eigenvalue weighted by atomic mass is 10.2. The fourth-order valence-corrected chi connectivity index (χ4v) is 1.87. The minimum atomic E-state index is 0.0246. The van der Waals surface area contributed by atoms with Gasteiger partial charge in [-0.3, -0.25) is 4.79 Å². The molecule has 1 aromatic rings. The predicted molar refractivity (Wildman–Crippen MR) is 70.0 cm³/mol. The highest BCUT2D eigenvalue weighted by atomic mass is 16.1. The van der Waals surface area contributed by atoms with E-state index in [4.69, 9.17) is 0 Å². The Morgan fingerprint density at radius 2 is 1.94 bits per heavy atom. The van der Waals surface area contributed by atoms with Gasteiger partial charge in [0, 0.05) is 11.7 Å². The van der Waals surface area contributed by atoms with Crippen LogP contribution in [0.1, 0.15) is 25.8 Å². The molecule has 1 aliphatic rings. The van der Waals surface area contributed by atoms with Crippen molar-refractivity contribution < 1.29 is 4.79 Å². The van der Waals surface area contributed by atoms with Crippen LogP contribution >= 0.6 is 0 Å². The third kappa shape index (κ3) is 3.30. The van der Waals surface area contributed by atoms with Crippen LogP contribution in [0.25, 0.3) is 0 Å². The molecule has 1 aromatic carbocycles. The number of anilines is 1. The van der Waals surface area contributed by atoms with Gasteiger partial charge in [-0.1, -0.05) is 31.5 Å². The second-order valence-corrected chi connectivity index (χ2v) is 5.54. The van der Waals surface area contributed by atoms with Crippen molar-refractivity contribution >= 4 is 11.6 Å². The Balaban J connectivity index is 1.76. The third-order valence-electron chi connectivity index (χ3n) is 3.36. The molecule has 0 spiro atoms. The summed E-state index contributed by atoms with van der Waals surface area (Å²) in [6.45, 7) is 6.84. The first-order chi connectivity index (χ1) is 7.97. The smallest absolute Gasteiger partial charge is 0.238 e. The number of amides is 1. The Hall–Kier alpha value is -1.35. The van der Waals surface area contributed by atoms with Crippen molar-refractivity contribution in [3.05, 3.63) is 29.8 Å². The Kier molecular flexibility index (Phi) is 3.20. The van der Waals surface area contributed by atoms with E-state index in [0.717, 1.165) is 12.1 Å². The van der Waals surface area contributed by atoms with Crippen molar-refractivity contribution in [2.75, 3.05) is 11.9 Å². The van der Waals surface area contributed by atoms with Gasteiger partial charge in [0.2, 0.25) is 5.91 Å². The standard InChI is InChI=1S/C14H20N2O/c1-10-4-6-11(7-5-10)16-13(17)9-15-12-8-14(12,2)3/h4-7,12,15H,8-9H2,1-3H3,(H,16,17). The molecule has 0 saturated heterocycles. The van der Waals surface area contributed by atoms with E-state index in [1.54, 1.807) is 0 Å². The summed E-state index contributed by atoms with van der Waals surface area (Å²) in [6.07, 6.45) is 1.16. The van der Waals surface area contributed by atoms with Crippen molar-refractivity contribution in [2.45, 2.75) is 33.2 Å². The molecule has 3 heteroatoms. The molecule has 2 rings (SSSR count). The summed E-state index contributed by atoms with van der Waals surface area (Å²) in [5.41, 5.74) is 2.42. The fourth-order valence-electron chi connectivity index (χ4n) is 1.87. The first kappa shape index (κ1) is 12.1. The van der Waals surface area contributed by atoms with Gasteiger partial charge in [-0.25, -0.2) is 0 Å². The Labute approximate surface area is 103 Å². The average Bonchev–Trinajstić information content (AvgIpc) is 2.87. The SMILES string of the molecule is Cc1ccc(NC(=O)CNC2CC2(C)C)cc1. The van der Waals surface area contributed by atoms with Gasteiger partial charge in [-0.2, -0.15) is 0 Å². The minimum absolute atomic E-state index is 0.0246. The Bertz CT molecular complexity index is 409. The Morgan fingerprint density at radius 3 is 2.47 bits per heavy atom. The van der Waals surface area contributed by atoms with Crippen LogP contribution in [0.2, 0.25) is 0 Å². The summed E-state index contributed by atoms with van der Waals surface area (Å²) >= 11 is 0. The molecule has 3 nitrogen and oxygen atoms in total. The molecule has 0 aromatic heterocycles. The first-order valence-corrected chi connectivity index (χ1v) is 6.07. The summed E-state index contributed by atoms with van der Waals surface area (Å²) in [5, 5.41) is 6.14. The van der Waals surface area contributed by atoms with E-state index in [1.807, 2.05) is 31.2 Å². The molecule has 0 radical (unpaired) electrons. The lowest BCUT2D eigenvalue weighted by Gasteiger charge is -2.08. The summed E-state index contributed by atoms with van der Waals surface area (Å²) in [4.78, 5) is 11.7. The zero-order valence-corrected chi connectivity index (χ0v) is 10.7. The van der Waals surface area contributed by atoms with Crippen LogP contribution in [0.3, 0.4) is 0 Å². The lowest BCUT2D eigenvalue weighted by Crippen LogP contribution is -2.31. The van der Waals surface area contributed by atoms with Crippen LogP contribution in [-0.4, -0.2) is 18.5 Å². The highest BCUT2D eigenvalue weighted by Crippen LogP contribution is 2.44. The van der Waals surface area contributed by atoms with Gasteiger partial charge in [0.05, 0.1) is 6.54 Å². The quantitative estimate of drug-likeness (QED) is 0.836. The van der Waals surface area contributed by atoms with Crippen molar-refractivity contribution in [2.24, 2.45) is 5.41 Å². The average molecular weight is 232 g/mol. The van der Waals surface area contributed by atoms with Crippen molar-refractivity contribution in [1.82, 2.24) is 5.32 Å². The van der Waals surface area contributed by atoms with Crippen LogP contribution in [0.4, 0.5) is 5.69 Å². The highest BCUT2D eigenvalue weighted by Gasteiger charge is 2.45. The van der Waals surface area contributed by atoms with Crippen molar-refractivity contribution in [1.29, 1.82) is 0 Å². The van der Waals surface area contributed by atoms with E-state index >= 15 is 0 Å². The summed E-state index contributed by atoms with van der Waals surface area (Å²) in [6, 6.07) is 8.33. The zero-order chi connectivity index (χ0) is 12.5. The number of hydrogen-bond acceptors (Lipinski definition) is 2. The summed E-state index contributed by atoms with van der Waals surface area (Å²) in [5.74, 6) is 0.0246. The number of rotatable bonds is 4. The molecular formula is C14H20N2O. The first-order valence-electron chi connectivity index (χ1n) is 6.07. The molecule has 1 amide bonds. The van der Waals surface area contributed by atoms with Crippen molar-refractivity contribution in [3.8, 4) is 0 Å². The van der Waals surface area contributed by atoms with Crippen LogP contribution in [0, 0.1) is 12.3 Å². The normalized spacial score (nSPS) is 21.0. The zero-order valence-electron chi connectivity index (χ0n) is 10.7. The Morgan fingerprint density at radius 1 is 1.35 bits per heavy atom. The van der Waals surface area contributed by atoms with Crippen LogP contribution in [-0.2, 0) is 4.79 Å². The van der Waals surface area contributed by atoms with Crippen molar-refractivity contribution in [3.63, 3.8) is 0 Å². The van der Waals surface area contributed by atoms with Gasteiger partial charge in [-0.15, -0.1) is 0 Å². The number of nitrogens with one attached hydrogen (secondary N) is 2. The van der Waals surface area contributed by atoms with E-state index in [-0.39, 0.29) is 5.91 Å². The maximum absolute atomic E-state index is 11.7. The second-order valence-electron chi connectivity index (χ2n) is 5.54. The molecule has 92 valence electrons. The lowest BCUT2D eigenvalue weighted by molar-refractivity contribution is -0.115. The van der Waals surface area contributed by atoms with Gasteiger partial charge in [0.15, 0.2) is 0 Å². The third-order valence-corrected chi connectivity index (χ3v) is 3.36. The van der Waals surface area contributed by atoms with Gasteiger partial charge in [0.1, 0.15) is 0 Å². The molecular weight excluding hydrogens is 212 g/mol. The number of carbonyl (C=O) groups is 1. The van der Waals surface area contributed by atoms with E-state index in [1.165, 1.54) is 5.56 Å². The van der Waals surface area contributed by atoms with E-state index < -0.39 is 0 Å². The maximum Gasteiger partial charge on any atom is 0.238 e.